The van der Waals surface area contributed by atoms with Crippen LogP contribution in [-0.2, 0) is 4.74 Å². The molecule has 0 fully saturated rings. The van der Waals surface area contributed by atoms with Crippen LogP contribution in [0.4, 0.5) is 4.79 Å². The van der Waals surface area contributed by atoms with Crippen molar-refractivity contribution in [3.63, 3.8) is 0 Å². The maximum Gasteiger partial charge on any atom is 0.417 e. The van der Waals surface area contributed by atoms with Gasteiger partial charge in [0.1, 0.15) is 5.60 Å². The second kappa shape index (κ2) is 7.83. The fraction of sp³-hybridized carbons (Fsp3) is 0.833. The van der Waals surface area contributed by atoms with Crippen molar-refractivity contribution in [2.45, 2.75) is 58.6 Å². The first-order valence-electron chi connectivity index (χ1n) is 6.33. The number of aliphatic hydroxyl groups is 1. The van der Waals surface area contributed by atoms with E-state index in [1.165, 1.54) is 0 Å². The Kier molecular flexibility index (Phi) is 7.21. The summed E-state index contributed by atoms with van der Waals surface area (Å²) in [6.45, 7) is 7.10. The third-order valence-corrected chi connectivity index (χ3v) is 2.41. The number of guanidine groups is 1. The van der Waals surface area contributed by atoms with Gasteiger partial charge in [-0.2, -0.15) is 0 Å². The Hall–Kier alpha value is -1.50. The van der Waals surface area contributed by atoms with Crippen LogP contribution in [0, 0.1) is 0 Å². The van der Waals surface area contributed by atoms with Crippen molar-refractivity contribution in [3.05, 3.63) is 0 Å². The third-order valence-electron chi connectivity index (χ3n) is 2.41. The Balaban J connectivity index is 4.76. The summed E-state index contributed by atoms with van der Waals surface area (Å²) in [6, 6.07) is -0.280. The smallest absolute Gasteiger partial charge is 0.417 e. The normalized spacial score (nSPS) is 14.1. The van der Waals surface area contributed by atoms with Gasteiger partial charge in [-0.15, -0.1) is 0 Å². The number of unbranched alkanes of at least 4 members (excludes halogenated alkanes) is 1. The van der Waals surface area contributed by atoms with E-state index in [2.05, 4.69) is 5.16 Å². The van der Waals surface area contributed by atoms with Gasteiger partial charge >= 0.3 is 6.09 Å². The minimum absolute atomic E-state index is 0.0999. The molecule has 4 N–H and O–H groups in total. The number of aliphatic hydroxyl groups excluding tert-OH is 1. The van der Waals surface area contributed by atoms with Crippen LogP contribution in [0.25, 0.3) is 0 Å². The number of nitrogens with two attached hydrogens (primary N) is 1. The molecule has 0 radical (unpaired) electrons. The van der Waals surface area contributed by atoms with E-state index in [0.29, 0.717) is 12.8 Å². The summed E-state index contributed by atoms with van der Waals surface area (Å²) >= 11 is 0. The molecule has 0 aliphatic carbocycles. The van der Waals surface area contributed by atoms with E-state index in [0.717, 1.165) is 11.3 Å². The van der Waals surface area contributed by atoms with Gasteiger partial charge in [-0.25, -0.2) is 9.69 Å². The van der Waals surface area contributed by atoms with Gasteiger partial charge in [0.2, 0.25) is 5.96 Å². The van der Waals surface area contributed by atoms with Gasteiger partial charge in [0.05, 0.1) is 0 Å². The van der Waals surface area contributed by atoms with Crippen LogP contribution in [0.15, 0.2) is 5.16 Å². The molecule has 0 heterocycles. The van der Waals surface area contributed by atoms with Crippen molar-refractivity contribution in [1.82, 2.24) is 4.90 Å². The van der Waals surface area contributed by atoms with Crippen LogP contribution in [0.3, 0.4) is 0 Å². The zero-order valence-corrected chi connectivity index (χ0v) is 12.1. The summed E-state index contributed by atoms with van der Waals surface area (Å²) in [5, 5.41) is 20.3. The first-order chi connectivity index (χ1) is 8.72. The Morgan fingerprint density at radius 3 is 2.42 bits per heavy atom. The van der Waals surface area contributed by atoms with Crippen LogP contribution >= 0.6 is 0 Å². The molecule has 0 spiro atoms. The number of ether oxygens (including phenoxy) is 1. The summed E-state index contributed by atoms with van der Waals surface area (Å²) < 4.78 is 5.22. The average Bonchev–Trinajstić information content (AvgIpc) is 2.26. The number of rotatable bonds is 5. The molecular weight excluding hydrogens is 250 g/mol. The maximum atomic E-state index is 12.0. The zero-order chi connectivity index (χ0) is 15.1. The molecule has 112 valence electrons. The van der Waals surface area contributed by atoms with Gasteiger partial charge in [0.25, 0.3) is 0 Å². The molecule has 1 atom stereocenters. The van der Waals surface area contributed by atoms with Crippen LogP contribution in [0.1, 0.15) is 47.0 Å². The molecule has 0 aromatic carbocycles. The van der Waals surface area contributed by atoms with Crippen molar-refractivity contribution >= 4 is 12.1 Å². The third kappa shape index (κ3) is 6.85. The lowest BCUT2D eigenvalue weighted by molar-refractivity contribution is 0.0306. The molecule has 0 unspecified atom stereocenters. The highest BCUT2D eigenvalue weighted by Gasteiger charge is 2.28. The summed E-state index contributed by atoms with van der Waals surface area (Å²) in [5.41, 5.74) is 4.86. The van der Waals surface area contributed by atoms with E-state index < -0.39 is 11.7 Å². The average molecular weight is 275 g/mol. The lowest BCUT2D eigenvalue weighted by Crippen LogP contribution is -2.49. The molecule has 0 aliphatic rings. The maximum absolute atomic E-state index is 12.0. The van der Waals surface area contributed by atoms with Crippen molar-refractivity contribution in [3.8, 4) is 0 Å². The summed E-state index contributed by atoms with van der Waals surface area (Å²) in [7, 11) is 0. The molecule has 19 heavy (non-hydrogen) atoms. The van der Waals surface area contributed by atoms with E-state index in [9.17, 15) is 4.79 Å². The minimum Gasteiger partial charge on any atom is -0.443 e. The number of amides is 1. The topological polar surface area (TPSA) is 108 Å². The van der Waals surface area contributed by atoms with Crippen molar-refractivity contribution in [1.29, 1.82) is 0 Å². The highest BCUT2D eigenvalue weighted by atomic mass is 16.6. The molecule has 0 aliphatic heterocycles. The van der Waals surface area contributed by atoms with Crippen LogP contribution < -0.4 is 5.73 Å². The molecule has 7 nitrogen and oxygen atoms in total. The predicted molar refractivity (Wildman–Crippen MR) is 71.9 cm³/mol. The van der Waals surface area contributed by atoms with Gasteiger partial charge in [-0.1, -0.05) is 5.16 Å². The van der Waals surface area contributed by atoms with E-state index in [4.69, 9.17) is 20.8 Å². The summed E-state index contributed by atoms with van der Waals surface area (Å²) in [4.78, 5) is 13.1. The van der Waals surface area contributed by atoms with Crippen molar-refractivity contribution < 1.29 is 19.8 Å². The molecule has 0 aromatic rings. The van der Waals surface area contributed by atoms with Crippen molar-refractivity contribution in [2.75, 3.05) is 6.61 Å². The Morgan fingerprint density at radius 2 is 2.00 bits per heavy atom. The van der Waals surface area contributed by atoms with E-state index in [1.54, 1.807) is 27.7 Å². The minimum atomic E-state index is -0.657. The SMILES string of the molecule is C[C@@H](CCCCO)N(C(=O)OC(C)(C)C)/C(N)=N\O. The van der Waals surface area contributed by atoms with Gasteiger partial charge in [-0.05, 0) is 47.0 Å². The second-order valence-corrected chi connectivity index (χ2v) is 5.38. The lowest BCUT2D eigenvalue weighted by Gasteiger charge is -2.30. The monoisotopic (exact) mass is 275 g/mol. The standard InChI is InChI=1S/C12H25N3O4/c1-9(7-5-6-8-16)15(10(13)14-18)11(17)19-12(2,3)4/h9,16,18H,5-8H2,1-4H3,(H2,13,14)/t9-/m0/s1. The molecular formula is C12H25N3O4. The fourth-order valence-corrected chi connectivity index (χ4v) is 1.54. The molecule has 0 bridgehead atoms. The molecule has 0 rings (SSSR count). The summed E-state index contributed by atoms with van der Waals surface area (Å²) in [6.07, 6.45) is 1.34. The van der Waals surface area contributed by atoms with Crippen LogP contribution in [0.2, 0.25) is 0 Å². The molecule has 0 aromatic heterocycles. The summed E-state index contributed by atoms with van der Waals surface area (Å²) in [5.74, 6) is -0.300. The first-order valence-corrected chi connectivity index (χ1v) is 6.33. The fourth-order valence-electron chi connectivity index (χ4n) is 1.54. The van der Waals surface area contributed by atoms with Gasteiger partial charge in [0.15, 0.2) is 0 Å². The number of carbonyl (C=O) groups excluding carboxylic acids is 1. The van der Waals surface area contributed by atoms with Gasteiger partial charge in [0, 0.05) is 12.6 Å². The first kappa shape index (κ1) is 17.5. The number of nitrogens with zero attached hydrogens (tertiary/aromatic N) is 2. The van der Waals surface area contributed by atoms with Gasteiger partial charge in [-0.3, -0.25) is 0 Å². The quantitative estimate of drug-likeness (QED) is 0.231. The highest BCUT2D eigenvalue weighted by molar-refractivity contribution is 5.93. The molecule has 0 saturated heterocycles. The molecule has 0 saturated carbocycles. The Labute approximate surface area is 114 Å². The molecule has 1 amide bonds. The lowest BCUT2D eigenvalue weighted by atomic mass is 10.1. The van der Waals surface area contributed by atoms with Crippen LogP contribution in [-0.4, -0.2) is 45.5 Å². The number of hydrogen-bond acceptors (Lipinski definition) is 5. The van der Waals surface area contributed by atoms with Gasteiger partial charge < -0.3 is 20.8 Å². The molecule has 7 heteroatoms. The van der Waals surface area contributed by atoms with E-state index in [-0.39, 0.29) is 18.6 Å². The predicted octanol–water partition coefficient (Wildman–Crippen LogP) is 1.48. The number of carbonyl (C=O) groups is 1. The highest BCUT2D eigenvalue weighted by Crippen LogP contribution is 2.14. The number of hydrogen-bond donors (Lipinski definition) is 3. The zero-order valence-electron chi connectivity index (χ0n) is 12.1. The largest absolute Gasteiger partial charge is 0.443 e. The van der Waals surface area contributed by atoms with Crippen molar-refractivity contribution in [2.24, 2.45) is 10.9 Å². The number of oxime groups is 1. The van der Waals surface area contributed by atoms with Crippen LogP contribution in [0.5, 0.6) is 0 Å². The van der Waals surface area contributed by atoms with E-state index >= 15 is 0 Å². The second-order valence-electron chi connectivity index (χ2n) is 5.38. The Bertz CT molecular complexity index is 313. The Morgan fingerprint density at radius 1 is 1.42 bits per heavy atom. The van der Waals surface area contributed by atoms with E-state index in [1.807, 2.05) is 0 Å².